The molecule has 7 heteroatoms. The summed E-state index contributed by atoms with van der Waals surface area (Å²) in [6.07, 6.45) is 10.1. The first-order valence-corrected chi connectivity index (χ1v) is 7.73. The molecule has 0 radical (unpaired) electrons. The second kappa shape index (κ2) is 5.40. The normalized spacial score (nSPS) is 16.6. The van der Waals surface area contributed by atoms with Gasteiger partial charge in [0.15, 0.2) is 0 Å². The zero-order valence-electron chi connectivity index (χ0n) is 12.4. The Morgan fingerprint density at radius 3 is 3.05 bits per heavy atom. The minimum Gasteiger partial charge on any atom is -0.408 e. The number of hydrogen-bond acceptors (Lipinski definition) is 6. The molecule has 0 amide bonds. The van der Waals surface area contributed by atoms with Crippen molar-refractivity contribution < 1.29 is 4.42 Å². The highest BCUT2D eigenvalue weighted by Crippen LogP contribution is 2.36. The van der Waals surface area contributed by atoms with Crippen molar-refractivity contribution in [3.63, 3.8) is 0 Å². The standard InChI is InChI=1S/C15H18N6O/c1-2-11(12-9-21-8-4-7-16-14(21)17-12)18-15-20-19-13(22-15)10-5-3-6-10/h4,7-11H,2-3,5-6H2,1H3,(H,18,20). The SMILES string of the molecule is CCC(Nc1nnc(C2CCC2)o1)c1cn2cccnc2n1. The van der Waals surface area contributed by atoms with Crippen LogP contribution in [0.2, 0.25) is 0 Å². The quantitative estimate of drug-likeness (QED) is 0.780. The van der Waals surface area contributed by atoms with Crippen LogP contribution in [0.15, 0.2) is 29.1 Å². The second-order valence-corrected chi connectivity index (χ2v) is 5.67. The number of fused-ring (bicyclic) bond motifs is 1. The van der Waals surface area contributed by atoms with Crippen LogP contribution in [-0.4, -0.2) is 24.6 Å². The first kappa shape index (κ1) is 13.2. The molecule has 1 aliphatic carbocycles. The van der Waals surface area contributed by atoms with Gasteiger partial charge in [0, 0.05) is 24.5 Å². The molecule has 0 spiro atoms. The van der Waals surface area contributed by atoms with Gasteiger partial charge in [-0.15, -0.1) is 5.10 Å². The molecule has 0 bridgehead atoms. The fourth-order valence-electron chi connectivity index (χ4n) is 2.66. The summed E-state index contributed by atoms with van der Waals surface area (Å²) < 4.78 is 7.64. The van der Waals surface area contributed by atoms with Gasteiger partial charge in [0.2, 0.25) is 11.7 Å². The zero-order valence-corrected chi connectivity index (χ0v) is 12.4. The number of imidazole rings is 1. The van der Waals surface area contributed by atoms with Crippen molar-refractivity contribution in [3.05, 3.63) is 36.2 Å². The van der Waals surface area contributed by atoms with Gasteiger partial charge in [0.25, 0.3) is 0 Å². The fourth-order valence-corrected chi connectivity index (χ4v) is 2.66. The van der Waals surface area contributed by atoms with Gasteiger partial charge in [-0.05, 0) is 25.3 Å². The third-order valence-electron chi connectivity index (χ3n) is 4.21. The summed E-state index contributed by atoms with van der Waals surface area (Å²) in [5, 5.41) is 11.5. The Morgan fingerprint density at radius 1 is 1.41 bits per heavy atom. The first-order chi connectivity index (χ1) is 10.8. The van der Waals surface area contributed by atoms with Crippen LogP contribution in [0, 0.1) is 0 Å². The number of rotatable bonds is 5. The van der Waals surface area contributed by atoms with E-state index in [0.29, 0.717) is 17.7 Å². The van der Waals surface area contributed by atoms with Gasteiger partial charge in [-0.25, -0.2) is 9.97 Å². The number of hydrogen-bond donors (Lipinski definition) is 1. The third-order valence-corrected chi connectivity index (χ3v) is 4.21. The van der Waals surface area contributed by atoms with E-state index in [2.05, 4.69) is 32.4 Å². The van der Waals surface area contributed by atoms with Crippen molar-refractivity contribution in [1.29, 1.82) is 0 Å². The molecule has 0 aliphatic heterocycles. The highest BCUT2D eigenvalue weighted by Gasteiger charge is 2.26. The summed E-state index contributed by atoms with van der Waals surface area (Å²) >= 11 is 0. The highest BCUT2D eigenvalue weighted by atomic mass is 16.4. The molecule has 1 N–H and O–H groups in total. The Labute approximate surface area is 127 Å². The highest BCUT2D eigenvalue weighted by molar-refractivity contribution is 5.33. The maximum Gasteiger partial charge on any atom is 0.316 e. The number of nitrogens with zero attached hydrogens (tertiary/aromatic N) is 5. The van der Waals surface area contributed by atoms with Crippen LogP contribution in [0.5, 0.6) is 0 Å². The number of nitrogens with one attached hydrogen (secondary N) is 1. The van der Waals surface area contributed by atoms with Crippen LogP contribution in [0.1, 0.15) is 56.2 Å². The average molecular weight is 298 g/mol. The van der Waals surface area contributed by atoms with Crippen LogP contribution in [0.3, 0.4) is 0 Å². The van der Waals surface area contributed by atoms with E-state index in [0.717, 1.165) is 30.8 Å². The Bertz CT molecular complexity index is 742. The van der Waals surface area contributed by atoms with E-state index in [1.54, 1.807) is 6.20 Å². The molecule has 0 aromatic carbocycles. The molecule has 1 saturated carbocycles. The van der Waals surface area contributed by atoms with Gasteiger partial charge in [-0.3, -0.25) is 4.40 Å². The van der Waals surface area contributed by atoms with E-state index in [9.17, 15) is 0 Å². The monoisotopic (exact) mass is 298 g/mol. The van der Waals surface area contributed by atoms with Crippen molar-refractivity contribution in [2.24, 2.45) is 0 Å². The lowest BCUT2D eigenvalue weighted by Crippen LogP contribution is -2.10. The van der Waals surface area contributed by atoms with E-state index in [1.165, 1.54) is 6.42 Å². The Kier molecular flexibility index (Phi) is 3.25. The van der Waals surface area contributed by atoms with Crippen molar-refractivity contribution in [3.8, 4) is 0 Å². The lowest BCUT2D eigenvalue weighted by molar-refractivity contribution is 0.337. The summed E-state index contributed by atoms with van der Waals surface area (Å²) in [6.45, 7) is 2.10. The maximum atomic E-state index is 5.73. The van der Waals surface area contributed by atoms with Gasteiger partial charge in [0.05, 0.1) is 11.7 Å². The van der Waals surface area contributed by atoms with E-state index in [-0.39, 0.29) is 6.04 Å². The Hall–Kier alpha value is -2.44. The smallest absolute Gasteiger partial charge is 0.316 e. The molecule has 1 aliphatic rings. The molecule has 22 heavy (non-hydrogen) atoms. The van der Waals surface area contributed by atoms with Crippen molar-refractivity contribution in [2.75, 3.05) is 5.32 Å². The van der Waals surface area contributed by atoms with Gasteiger partial charge in [-0.2, -0.15) is 0 Å². The van der Waals surface area contributed by atoms with E-state index in [4.69, 9.17) is 4.42 Å². The fraction of sp³-hybridized carbons (Fsp3) is 0.467. The average Bonchev–Trinajstić information content (AvgIpc) is 3.09. The lowest BCUT2D eigenvalue weighted by atomic mass is 9.85. The van der Waals surface area contributed by atoms with Crippen LogP contribution in [-0.2, 0) is 0 Å². The number of aromatic nitrogens is 5. The first-order valence-electron chi connectivity index (χ1n) is 7.73. The molecule has 1 fully saturated rings. The molecule has 1 unspecified atom stereocenters. The lowest BCUT2D eigenvalue weighted by Gasteiger charge is -2.20. The Morgan fingerprint density at radius 2 is 2.32 bits per heavy atom. The van der Waals surface area contributed by atoms with Gasteiger partial charge >= 0.3 is 6.01 Å². The molecule has 0 saturated heterocycles. The number of anilines is 1. The summed E-state index contributed by atoms with van der Waals surface area (Å²) in [6, 6.07) is 2.38. The Balaban J connectivity index is 1.54. The van der Waals surface area contributed by atoms with Gasteiger partial charge in [-0.1, -0.05) is 18.4 Å². The molecule has 4 rings (SSSR count). The predicted molar refractivity (Wildman–Crippen MR) is 80.5 cm³/mol. The van der Waals surface area contributed by atoms with Crippen LogP contribution < -0.4 is 5.32 Å². The molecular weight excluding hydrogens is 280 g/mol. The van der Waals surface area contributed by atoms with Crippen molar-refractivity contribution >= 4 is 11.8 Å². The van der Waals surface area contributed by atoms with Gasteiger partial charge in [0.1, 0.15) is 0 Å². The molecular formula is C15H18N6O. The molecule has 3 heterocycles. The zero-order chi connectivity index (χ0) is 14.9. The van der Waals surface area contributed by atoms with Crippen LogP contribution >= 0.6 is 0 Å². The predicted octanol–water partition coefficient (Wildman–Crippen LogP) is 2.94. The largest absolute Gasteiger partial charge is 0.408 e. The van der Waals surface area contributed by atoms with Crippen LogP contribution in [0.25, 0.3) is 5.78 Å². The second-order valence-electron chi connectivity index (χ2n) is 5.67. The summed E-state index contributed by atoms with van der Waals surface area (Å²) in [5.74, 6) is 1.89. The van der Waals surface area contributed by atoms with E-state index >= 15 is 0 Å². The summed E-state index contributed by atoms with van der Waals surface area (Å²) in [7, 11) is 0. The molecule has 3 aromatic rings. The molecule has 114 valence electrons. The van der Waals surface area contributed by atoms with Crippen molar-refractivity contribution in [2.45, 2.75) is 44.6 Å². The molecule has 1 atom stereocenters. The third kappa shape index (κ3) is 2.32. The van der Waals surface area contributed by atoms with Crippen LogP contribution in [0.4, 0.5) is 6.01 Å². The maximum absolute atomic E-state index is 5.73. The minimum atomic E-state index is 0.0244. The summed E-state index contributed by atoms with van der Waals surface area (Å²) in [4.78, 5) is 8.79. The molecule has 3 aromatic heterocycles. The van der Waals surface area contributed by atoms with Gasteiger partial charge < -0.3 is 9.73 Å². The minimum absolute atomic E-state index is 0.0244. The van der Waals surface area contributed by atoms with E-state index < -0.39 is 0 Å². The topological polar surface area (TPSA) is 81.1 Å². The van der Waals surface area contributed by atoms with Crippen molar-refractivity contribution in [1.82, 2.24) is 24.6 Å². The summed E-state index contributed by atoms with van der Waals surface area (Å²) in [5.41, 5.74) is 0.921. The van der Waals surface area contributed by atoms with E-state index in [1.807, 2.05) is 22.9 Å². The molecule has 7 nitrogen and oxygen atoms in total.